The number of rotatable bonds is 19. The topological polar surface area (TPSA) is 158 Å². The van der Waals surface area contributed by atoms with E-state index in [1.165, 1.54) is 16.2 Å². The summed E-state index contributed by atoms with van der Waals surface area (Å²) in [6.45, 7) is 6.02. The van der Waals surface area contributed by atoms with Crippen LogP contribution in [0.5, 0.6) is 0 Å². The van der Waals surface area contributed by atoms with Crippen molar-refractivity contribution in [3.05, 3.63) is 110 Å². The SMILES string of the molecule is CC(C)c1nc(CN(C)C(=O)N[C@@H](CC[N+]2([O-])CCOCC2)C(=O)N[C@H](CC[C@H](Cc2ccccc2)NC(=O)OCc2cncs2)Cc2ccccc2)cs1. The summed E-state index contributed by atoms with van der Waals surface area (Å²) in [6.07, 6.45) is 3.46. The van der Waals surface area contributed by atoms with Crippen LogP contribution in [0.15, 0.2) is 77.8 Å². The van der Waals surface area contributed by atoms with Crippen LogP contribution in [-0.4, -0.2) is 95.6 Å². The summed E-state index contributed by atoms with van der Waals surface area (Å²) in [5, 5.41) is 25.7. The average Bonchev–Trinajstić information content (AvgIpc) is 3.89. The highest BCUT2D eigenvalue weighted by atomic mass is 32.1. The normalized spacial score (nSPS) is 15.4. The van der Waals surface area contributed by atoms with Crippen molar-refractivity contribution in [2.24, 2.45) is 0 Å². The van der Waals surface area contributed by atoms with Gasteiger partial charge in [-0.2, -0.15) is 0 Å². The first-order chi connectivity index (χ1) is 26.5. The molecule has 2 aromatic heterocycles. The second-order valence-electron chi connectivity index (χ2n) is 14.4. The molecule has 1 aliphatic heterocycles. The third-order valence-electron chi connectivity index (χ3n) is 9.55. The Morgan fingerprint density at radius 3 is 2.13 bits per heavy atom. The summed E-state index contributed by atoms with van der Waals surface area (Å²) in [5.74, 6) is -0.0836. The fourth-order valence-corrected chi connectivity index (χ4v) is 7.71. The number of hydrogen-bond acceptors (Lipinski definition) is 10. The van der Waals surface area contributed by atoms with E-state index in [1.54, 1.807) is 30.1 Å². The number of thiazole rings is 2. The number of hydroxylamine groups is 3. The maximum absolute atomic E-state index is 14.2. The van der Waals surface area contributed by atoms with Gasteiger partial charge < -0.3 is 40.2 Å². The average molecular weight is 792 g/mol. The van der Waals surface area contributed by atoms with Gasteiger partial charge in [0.1, 0.15) is 25.7 Å². The summed E-state index contributed by atoms with van der Waals surface area (Å²) in [6, 6.07) is 17.8. The summed E-state index contributed by atoms with van der Waals surface area (Å²) < 4.78 is 10.5. The van der Waals surface area contributed by atoms with E-state index in [1.807, 2.05) is 66.0 Å². The number of ether oxygens (including phenoxy) is 2. The van der Waals surface area contributed by atoms with Gasteiger partial charge in [0.05, 0.1) is 47.4 Å². The number of benzene rings is 2. The Hall–Kier alpha value is -4.41. The molecule has 0 saturated carbocycles. The molecule has 0 spiro atoms. The van der Waals surface area contributed by atoms with Gasteiger partial charge in [0.15, 0.2) is 0 Å². The zero-order valence-corrected chi connectivity index (χ0v) is 33.5. The van der Waals surface area contributed by atoms with Gasteiger partial charge in [0.2, 0.25) is 5.91 Å². The number of nitrogens with zero attached hydrogens (tertiary/aromatic N) is 4. The molecule has 55 heavy (non-hydrogen) atoms. The first-order valence-electron chi connectivity index (χ1n) is 18.8. The first kappa shape index (κ1) is 41.7. The van der Waals surface area contributed by atoms with Gasteiger partial charge in [0, 0.05) is 43.0 Å². The molecule has 0 unspecified atom stereocenters. The van der Waals surface area contributed by atoms with Gasteiger partial charge >= 0.3 is 12.1 Å². The maximum atomic E-state index is 14.2. The second kappa shape index (κ2) is 21.0. The molecule has 1 saturated heterocycles. The minimum absolute atomic E-state index is 0.128. The van der Waals surface area contributed by atoms with E-state index in [9.17, 15) is 19.6 Å². The molecule has 1 fully saturated rings. The predicted octanol–water partition coefficient (Wildman–Crippen LogP) is 6.01. The Morgan fingerprint density at radius 2 is 1.55 bits per heavy atom. The fourth-order valence-electron chi connectivity index (χ4n) is 6.38. The molecular formula is C40H53N7O6S2. The monoisotopic (exact) mass is 791 g/mol. The molecule has 1 aliphatic rings. The summed E-state index contributed by atoms with van der Waals surface area (Å²) >= 11 is 2.98. The Labute approximate surface area is 331 Å². The van der Waals surface area contributed by atoms with E-state index in [0.717, 1.165) is 26.7 Å². The third-order valence-corrected chi connectivity index (χ3v) is 11.5. The minimum Gasteiger partial charge on any atom is -0.633 e. The second-order valence-corrected chi connectivity index (χ2v) is 16.2. The molecule has 13 nitrogen and oxygen atoms in total. The predicted molar refractivity (Wildman–Crippen MR) is 214 cm³/mol. The quantitative estimate of drug-likeness (QED) is 0.0770. The van der Waals surface area contributed by atoms with Crippen LogP contribution in [0.3, 0.4) is 0 Å². The molecule has 0 radical (unpaired) electrons. The Bertz CT molecular complexity index is 1750. The van der Waals surface area contributed by atoms with E-state index in [2.05, 4.69) is 39.8 Å². The van der Waals surface area contributed by atoms with Crippen LogP contribution in [0.4, 0.5) is 9.59 Å². The van der Waals surface area contributed by atoms with Crippen LogP contribution in [0.2, 0.25) is 0 Å². The molecule has 3 heterocycles. The van der Waals surface area contributed by atoms with Crippen molar-refractivity contribution < 1.29 is 28.5 Å². The first-order valence-corrected chi connectivity index (χ1v) is 20.6. The molecule has 296 valence electrons. The van der Waals surface area contributed by atoms with Crippen LogP contribution in [0, 0.1) is 5.21 Å². The van der Waals surface area contributed by atoms with Crippen molar-refractivity contribution in [2.75, 3.05) is 39.9 Å². The number of carbonyl (C=O) groups excluding carboxylic acids is 3. The van der Waals surface area contributed by atoms with E-state index < -0.39 is 22.8 Å². The lowest BCUT2D eigenvalue weighted by atomic mass is 9.95. The summed E-state index contributed by atoms with van der Waals surface area (Å²) in [7, 11) is 1.67. The van der Waals surface area contributed by atoms with E-state index in [-0.39, 0.29) is 50.0 Å². The van der Waals surface area contributed by atoms with Crippen molar-refractivity contribution in [1.82, 2.24) is 30.8 Å². The maximum Gasteiger partial charge on any atom is 0.407 e. The van der Waals surface area contributed by atoms with Gasteiger partial charge in [0.25, 0.3) is 0 Å². The lowest BCUT2D eigenvalue weighted by Gasteiger charge is -2.45. The Kier molecular flexibility index (Phi) is 16.0. The van der Waals surface area contributed by atoms with Crippen LogP contribution in [0.25, 0.3) is 0 Å². The number of quaternary nitrogens is 1. The zero-order valence-electron chi connectivity index (χ0n) is 31.9. The number of alkyl carbamates (subject to hydrolysis) is 1. The number of carbonyl (C=O) groups is 3. The molecule has 3 atom stereocenters. The Balaban J connectivity index is 1.29. The van der Waals surface area contributed by atoms with E-state index in [4.69, 9.17) is 9.47 Å². The van der Waals surface area contributed by atoms with Crippen LogP contribution >= 0.6 is 22.7 Å². The molecule has 15 heteroatoms. The van der Waals surface area contributed by atoms with E-state index in [0.29, 0.717) is 52.0 Å². The lowest BCUT2D eigenvalue weighted by Crippen LogP contribution is -2.56. The highest BCUT2D eigenvalue weighted by Gasteiger charge is 2.30. The third kappa shape index (κ3) is 14.0. The largest absolute Gasteiger partial charge is 0.633 e. The van der Waals surface area contributed by atoms with Gasteiger partial charge in [-0.25, -0.2) is 14.6 Å². The molecule has 0 aliphatic carbocycles. The van der Waals surface area contributed by atoms with Gasteiger partial charge in [-0.05, 0) is 36.8 Å². The highest BCUT2D eigenvalue weighted by molar-refractivity contribution is 7.09. The molecule has 0 bridgehead atoms. The van der Waals surface area contributed by atoms with Crippen molar-refractivity contribution in [1.29, 1.82) is 0 Å². The summed E-state index contributed by atoms with van der Waals surface area (Å²) in [4.78, 5) is 51.9. The van der Waals surface area contributed by atoms with Crippen molar-refractivity contribution >= 4 is 40.7 Å². The molecule has 3 N–H and O–H groups in total. The number of aromatic nitrogens is 2. The van der Waals surface area contributed by atoms with Gasteiger partial charge in [-0.15, -0.1) is 22.7 Å². The fraction of sp³-hybridized carbons (Fsp3) is 0.475. The molecule has 2 aromatic carbocycles. The van der Waals surface area contributed by atoms with E-state index >= 15 is 0 Å². The number of urea groups is 1. The van der Waals surface area contributed by atoms with Crippen molar-refractivity contribution in [3.63, 3.8) is 0 Å². The standard InChI is InChI=1S/C40H53N7O6S2/c1-29(2)38-43-34(27-54-38)25-46(3)39(49)45-36(16-17-47(51)18-20-52-21-19-47)37(48)42-32(22-30-10-6-4-7-11-30)14-15-33(23-31-12-8-5-9-13-31)44-40(50)53-26-35-24-41-28-55-35/h4-13,24,27-29,32-33,36H,14-23,25-26H2,1-3H3,(H,42,48)(H,44,50)(H,45,49)/t32-,33-,36+/m1/s1. The zero-order chi connectivity index (χ0) is 39.0. The van der Waals surface area contributed by atoms with Crippen LogP contribution < -0.4 is 16.0 Å². The molecule has 5 rings (SSSR count). The number of amides is 4. The van der Waals surface area contributed by atoms with Gasteiger partial charge in [-0.1, -0.05) is 74.5 Å². The Morgan fingerprint density at radius 1 is 0.909 bits per heavy atom. The number of nitrogens with one attached hydrogen (secondary N) is 3. The molecular weight excluding hydrogens is 739 g/mol. The lowest BCUT2D eigenvalue weighted by molar-refractivity contribution is -0.888. The highest BCUT2D eigenvalue weighted by Crippen LogP contribution is 2.20. The molecule has 4 amide bonds. The minimum atomic E-state index is -0.957. The summed E-state index contributed by atoms with van der Waals surface area (Å²) in [5.41, 5.74) is 4.56. The number of morpholine rings is 1. The van der Waals surface area contributed by atoms with Gasteiger partial charge in [-0.3, -0.25) is 9.78 Å². The van der Waals surface area contributed by atoms with Crippen LogP contribution in [0.1, 0.15) is 65.7 Å². The van der Waals surface area contributed by atoms with Crippen molar-refractivity contribution in [2.45, 2.75) is 83.1 Å². The van der Waals surface area contributed by atoms with Crippen LogP contribution in [-0.2, 0) is 40.3 Å². The number of hydrogen-bond donors (Lipinski definition) is 3. The smallest absolute Gasteiger partial charge is 0.407 e. The molecule has 4 aromatic rings. The van der Waals surface area contributed by atoms with Crippen molar-refractivity contribution in [3.8, 4) is 0 Å².